The van der Waals surface area contributed by atoms with Crippen LogP contribution in [0.4, 0.5) is 0 Å². The Hall–Kier alpha value is -2.04. The second-order valence-electron chi connectivity index (χ2n) is 3.81. The maximum absolute atomic E-state index is 11.4. The van der Waals surface area contributed by atoms with Crippen LogP contribution in [0.3, 0.4) is 0 Å². The normalized spacial score (nSPS) is 16.5. The maximum atomic E-state index is 11.4. The van der Waals surface area contributed by atoms with Crippen molar-refractivity contribution in [1.29, 1.82) is 0 Å². The van der Waals surface area contributed by atoms with E-state index >= 15 is 0 Å². The van der Waals surface area contributed by atoms with Crippen molar-refractivity contribution >= 4 is 22.5 Å². The summed E-state index contributed by atoms with van der Waals surface area (Å²) in [5.41, 5.74) is 3.23. The molecule has 2 aromatic rings. The zero-order chi connectivity index (χ0) is 11.0. The molecule has 0 bridgehead atoms. The van der Waals surface area contributed by atoms with Crippen LogP contribution in [0.1, 0.15) is 25.0 Å². The minimum atomic E-state index is 0.174. The molecule has 5 heteroatoms. The molecule has 3 rings (SSSR count). The maximum Gasteiger partial charge on any atom is 0.181 e. The number of rotatable bonds is 1. The number of fused-ring (bicyclic) bond motifs is 1. The van der Waals surface area contributed by atoms with E-state index < -0.39 is 0 Å². The van der Waals surface area contributed by atoms with Gasteiger partial charge in [0, 0.05) is 6.42 Å². The van der Waals surface area contributed by atoms with Crippen LogP contribution in [0.15, 0.2) is 18.7 Å². The Balaban J connectivity index is 2.18. The Kier molecular flexibility index (Phi) is 2.02. The van der Waals surface area contributed by atoms with E-state index in [1.165, 1.54) is 6.33 Å². The number of nitrogens with zero attached hydrogens (tertiary/aromatic N) is 3. The summed E-state index contributed by atoms with van der Waals surface area (Å²) in [5.74, 6) is 0.174. The van der Waals surface area contributed by atoms with Crippen LogP contribution in [0.5, 0.6) is 0 Å². The molecular formula is C11H10N4O. The molecule has 1 aliphatic carbocycles. The number of carbonyl (C=O) groups excluding carboxylic acids is 1. The molecule has 5 nitrogen and oxygen atoms in total. The SMILES string of the molecule is O=C1C=C(c2ncnc3nc[nH]c23)CCC1. The third-order valence-electron chi connectivity index (χ3n) is 2.73. The van der Waals surface area contributed by atoms with Gasteiger partial charge in [-0.3, -0.25) is 4.79 Å². The largest absolute Gasteiger partial charge is 0.341 e. The van der Waals surface area contributed by atoms with Gasteiger partial charge in [0.2, 0.25) is 0 Å². The number of carbonyl (C=O) groups is 1. The first-order valence-electron chi connectivity index (χ1n) is 5.22. The first-order chi connectivity index (χ1) is 7.84. The summed E-state index contributed by atoms with van der Waals surface area (Å²) >= 11 is 0. The van der Waals surface area contributed by atoms with Crippen LogP contribution >= 0.6 is 0 Å². The number of allylic oxidation sites excluding steroid dienone is 2. The highest BCUT2D eigenvalue weighted by Crippen LogP contribution is 2.26. The highest BCUT2D eigenvalue weighted by atomic mass is 16.1. The minimum absolute atomic E-state index is 0.174. The summed E-state index contributed by atoms with van der Waals surface area (Å²) in [4.78, 5) is 26.7. The molecule has 0 amide bonds. The molecule has 0 fully saturated rings. The number of aromatic nitrogens is 4. The summed E-state index contributed by atoms with van der Waals surface area (Å²) in [6, 6.07) is 0. The first kappa shape index (κ1) is 9.21. The van der Waals surface area contributed by atoms with Gasteiger partial charge in [-0.2, -0.15) is 0 Å². The lowest BCUT2D eigenvalue weighted by atomic mass is 9.96. The highest BCUT2D eigenvalue weighted by molar-refractivity contribution is 6.00. The van der Waals surface area contributed by atoms with Crippen molar-refractivity contribution in [1.82, 2.24) is 19.9 Å². The molecule has 2 aromatic heterocycles. The molecule has 0 atom stereocenters. The number of imidazole rings is 1. The van der Waals surface area contributed by atoms with Crippen molar-refractivity contribution in [2.45, 2.75) is 19.3 Å². The van der Waals surface area contributed by atoms with Crippen LogP contribution in [0.2, 0.25) is 0 Å². The van der Waals surface area contributed by atoms with Gasteiger partial charge in [-0.15, -0.1) is 0 Å². The molecule has 0 aromatic carbocycles. The Bertz CT molecular complexity index is 584. The summed E-state index contributed by atoms with van der Waals surface area (Å²) < 4.78 is 0. The van der Waals surface area contributed by atoms with Crippen molar-refractivity contribution in [2.75, 3.05) is 0 Å². The standard InChI is InChI=1S/C11H10N4O/c16-8-3-1-2-7(4-8)9-10-11(14-5-12-9)15-6-13-10/h4-6H,1-3H2,(H,12,13,14,15). The monoisotopic (exact) mass is 214 g/mol. The van der Waals surface area contributed by atoms with Gasteiger partial charge in [0.25, 0.3) is 0 Å². The summed E-state index contributed by atoms with van der Waals surface area (Å²) in [7, 11) is 0. The Morgan fingerprint density at radius 1 is 1.19 bits per heavy atom. The van der Waals surface area contributed by atoms with Crippen LogP contribution in [-0.2, 0) is 4.79 Å². The van der Waals surface area contributed by atoms with E-state index in [9.17, 15) is 4.79 Å². The third-order valence-corrected chi connectivity index (χ3v) is 2.73. The van der Waals surface area contributed by atoms with Crippen molar-refractivity contribution in [3.05, 3.63) is 24.4 Å². The Labute approximate surface area is 91.6 Å². The summed E-state index contributed by atoms with van der Waals surface area (Å²) in [6.07, 6.45) is 7.18. The fourth-order valence-electron chi connectivity index (χ4n) is 1.99. The zero-order valence-corrected chi connectivity index (χ0v) is 8.60. The second kappa shape index (κ2) is 3.52. The van der Waals surface area contributed by atoms with Crippen LogP contribution in [-0.4, -0.2) is 25.7 Å². The van der Waals surface area contributed by atoms with Crippen LogP contribution < -0.4 is 0 Å². The lowest BCUT2D eigenvalue weighted by Crippen LogP contribution is -2.04. The Morgan fingerprint density at radius 2 is 2.12 bits per heavy atom. The molecule has 80 valence electrons. The number of nitrogens with one attached hydrogen (secondary N) is 1. The quantitative estimate of drug-likeness (QED) is 0.780. The van der Waals surface area contributed by atoms with Gasteiger partial charge in [-0.05, 0) is 24.5 Å². The van der Waals surface area contributed by atoms with E-state index in [0.717, 1.165) is 29.6 Å². The zero-order valence-electron chi connectivity index (χ0n) is 8.60. The molecule has 0 unspecified atom stereocenters. The Morgan fingerprint density at radius 3 is 3.00 bits per heavy atom. The molecule has 1 aliphatic rings. The molecule has 0 spiro atoms. The van der Waals surface area contributed by atoms with Crippen molar-refractivity contribution in [2.24, 2.45) is 0 Å². The average Bonchev–Trinajstić information content (AvgIpc) is 2.76. The van der Waals surface area contributed by atoms with Gasteiger partial charge in [0.15, 0.2) is 11.4 Å². The van der Waals surface area contributed by atoms with E-state index in [1.54, 1.807) is 12.4 Å². The predicted octanol–water partition coefficient (Wildman–Crippen LogP) is 1.49. The minimum Gasteiger partial charge on any atom is -0.341 e. The van der Waals surface area contributed by atoms with Crippen LogP contribution in [0, 0.1) is 0 Å². The van der Waals surface area contributed by atoms with Crippen LogP contribution in [0.25, 0.3) is 16.7 Å². The van der Waals surface area contributed by atoms with Gasteiger partial charge in [0.1, 0.15) is 11.8 Å². The number of ketones is 1. The summed E-state index contributed by atoms with van der Waals surface area (Å²) in [5, 5.41) is 0. The molecular weight excluding hydrogens is 204 g/mol. The first-order valence-corrected chi connectivity index (χ1v) is 5.22. The van der Waals surface area contributed by atoms with Crippen molar-refractivity contribution in [3.8, 4) is 0 Å². The lowest BCUT2D eigenvalue weighted by Gasteiger charge is -2.11. The fourth-order valence-corrected chi connectivity index (χ4v) is 1.99. The van der Waals surface area contributed by atoms with E-state index in [0.29, 0.717) is 12.1 Å². The number of hydrogen-bond acceptors (Lipinski definition) is 4. The number of H-pyrrole nitrogens is 1. The van der Waals surface area contributed by atoms with E-state index in [4.69, 9.17) is 0 Å². The van der Waals surface area contributed by atoms with Gasteiger partial charge in [0.05, 0.1) is 12.0 Å². The average molecular weight is 214 g/mol. The molecule has 2 heterocycles. The van der Waals surface area contributed by atoms with Gasteiger partial charge in [-0.1, -0.05) is 0 Å². The van der Waals surface area contributed by atoms with Gasteiger partial charge < -0.3 is 4.98 Å². The molecule has 0 aliphatic heterocycles. The van der Waals surface area contributed by atoms with Crippen molar-refractivity contribution < 1.29 is 4.79 Å². The van der Waals surface area contributed by atoms with Gasteiger partial charge >= 0.3 is 0 Å². The highest BCUT2D eigenvalue weighted by Gasteiger charge is 2.15. The topological polar surface area (TPSA) is 71.5 Å². The molecule has 0 saturated carbocycles. The third kappa shape index (κ3) is 1.41. The molecule has 0 saturated heterocycles. The predicted molar refractivity (Wildman–Crippen MR) is 58.5 cm³/mol. The molecule has 16 heavy (non-hydrogen) atoms. The summed E-state index contributed by atoms with van der Waals surface area (Å²) in [6.45, 7) is 0. The number of hydrogen-bond donors (Lipinski definition) is 1. The lowest BCUT2D eigenvalue weighted by molar-refractivity contribution is -0.114. The fraction of sp³-hybridized carbons (Fsp3) is 0.273. The van der Waals surface area contributed by atoms with Crippen molar-refractivity contribution in [3.63, 3.8) is 0 Å². The van der Waals surface area contributed by atoms with E-state index in [1.807, 2.05) is 0 Å². The molecule has 0 radical (unpaired) electrons. The van der Waals surface area contributed by atoms with E-state index in [2.05, 4.69) is 19.9 Å². The van der Waals surface area contributed by atoms with E-state index in [-0.39, 0.29) is 5.78 Å². The molecule has 1 N–H and O–H groups in total. The second-order valence-corrected chi connectivity index (χ2v) is 3.81. The van der Waals surface area contributed by atoms with Gasteiger partial charge in [-0.25, -0.2) is 15.0 Å². The number of aromatic amines is 1. The smallest absolute Gasteiger partial charge is 0.181 e.